The van der Waals surface area contributed by atoms with Crippen molar-refractivity contribution >= 4 is 39.1 Å². The van der Waals surface area contributed by atoms with Crippen LogP contribution in [0.1, 0.15) is 37.8 Å². The number of aryl methyl sites for hydroxylation is 1. The van der Waals surface area contributed by atoms with E-state index in [0.29, 0.717) is 29.2 Å². The highest BCUT2D eigenvalue weighted by Crippen LogP contribution is 2.27. The van der Waals surface area contributed by atoms with Crippen LogP contribution in [-0.2, 0) is 26.2 Å². The highest BCUT2D eigenvalue weighted by molar-refractivity contribution is 7.92. The molecule has 0 spiro atoms. The molecule has 0 aromatic heterocycles. The second-order valence-electron chi connectivity index (χ2n) is 8.97. The third-order valence-corrected chi connectivity index (χ3v) is 8.22. The minimum Gasteiger partial charge on any atom is -0.354 e. The number of carbonyl (C=O) groups is 2. The molecule has 7 nitrogen and oxygen atoms in total. The first-order valence-corrected chi connectivity index (χ1v) is 14.5. The fraction of sp³-hybridized carbons (Fsp3) is 0.310. The zero-order chi connectivity index (χ0) is 27.7. The van der Waals surface area contributed by atoms with Gasteiger partial charge in [0.25, 0.3) is 10.0 Å². The molecule has 3 aromatic rings. The second-order valence-corrected chi connectivity index (χ2v) is 11.3. The van der Waals surface area contributed by atoms with Gasteiger partial charge < -0.3 is 10.2 Å². The van der Waals surface area contributed by atoms with E-state index in [1.165, 1.54) is 17.0 Å². The molecule has 2 amide bonds. The summed E-state index contributed by atoms with van der Waals surface area (Å²) in [7, 11) is -4.08. The zero-order valence-electron chi connectivity index (χ0n) is 21.9. The van der Waals surface area contributed by atoms with Gasteiger partial charge in [-0.3, -0.25) is 13.9 Å². The molecule has 3 aromatic carbocycles. The number of halogens is 1. The fourth-order valence-corrected chi connectivity index (χ4v) is 5.77. The Hall–Kier alpha value is -3.36. The van der Waals surface area contributed by atoms with E-state index in [9.17, 15) is 18.0 Å². The van der Waals surface area contributed by atoms with Crippen molar-refractivity contribution in [1.29, 1.82) is 0 Å². The molecule has 38 heavy (non-hydrogen) atoms. The van der Waals surface area contributed by atoms with E-state index in [1.807, 2.05) is 19.9 Å². The first-order chi connectivity index (χ1) is 18.2. The molecule has 3 rings (SSSR count). The van der Waals surface area contributed by atoms with E-state index in [0.717, 1.165) is 16.3 Å². The standard InChI is InChI=1S/C29H34ClN3O4S/c1-4-19-31-29(35)26(5-2)32(20-23-15-17-24(30)18-16-23)28(34)21-33(27-14-10-9-11-22(27)3)38(36,37)25-12-7-6-8-13-25/h6-18,26H,4-5,19-21H2,1-3H3,(H,31,35). The summed E-state index contributed by atoms with van der Waals surface area (Å²) in [6.07, 6.45) is 1.12. The van der Waals surface area contributed by atoms with Gasteiger partial charge in [-0.25, -0.2) is 8.42 Å². The molecule has 0 aliphatic heterocycles. The van der Waals surface area contributed by atoms with E-state index >= 15 is 0 Å². The van der Waals surface area contributed by atoms with Crippen LogP contribution in [0.15, 0.2) is 83.8 Å². The van der Waals surface area contributed by atoms with E-state index in [-0.39, 0.29) is 17.3 Å². The molecule has 202 valence electrons. The molecule has 0 fully saturated rings. The summed E-state index contributed by atoms with van der Waals surface area (Å²) in [4.78, 5) is 28.6. The van der Waals surface area contributed by atoms with Crippen LogP contribution in [-0.4, -0.2) is 44.3 Å². The van der Waals surface area contributed by atoms with Gasteiger partial charge in [-0.1, -0.05) is 74.0 Å². The molecule has 0 radical (unpaired) electrons. The molecule has 0 aliphatic carbocycles. The van der Waals surface area contributed by atoms with Crippen molar-refractivity contribution in [1.82, 2.24) is 10.2 Å². The Balaban J connectivity index is 2.04. The van der Waals surface area contributed by atoms with Gasteiger partial charge in [-0.05, 0) is 61.2 Å². The number of amides is 2. The third kappa shape index (κ3) is 7.14. The lowest BCUT2D eigenvalue weighted by Crippen LogP contribution is -2.52. The normalized spacial score (nSPS) is 12.0. The lowest BCUT2D eigenvalue weighted by molar-refractivity contribution is -0.140. The Morgan fingerprint density at radius 1 is 0.921 bits per heavy atom. The van der Waals surface area contributed by atoms with Crippen molar-refractivity contribution in [3.63, 3.8) is 0 Å². The first-order valence-electron chi connectivity index (χ1n) is 12.6. The Labute approximate surface area is 230 Å². The second kappa shape index (κ2) is 13.4. The van der Waals surface area contributed by atoms with Crippen LogP contribution in [0.4, 0.5) is 5.69 Å². The molecule has 0 aliphatic rings. The van der Waals surface area contributed by atoms with Gasteiger partial charge in [0.2, 0.25) is 11.8 Å². The van der Waals surface area contributed by atoms with E-state index in [2.05, 4.69) is 5.32 Å². The van der Waals surface area contributed by atoms with Crippen molar-refractivity contribution in [2.75, 3.05) is 17.4 Å². The van der Waals surface area contributed by atoms with Crippen molar-refractivity contribution in [2.45, 2.75) is 51.1 Å². The molecule has 0 heterocycles. The number of anilines is 1. The van der Waals surface area contributed by atoms with Gasteiger partial charge >= 0.3 is 0 Å². The Bertz CT molecular complexity index is 1330. The maximum absolute atomic E-state index is 14.0. The number of sulfonamides is 1. The molecule has 9 heteroatoms. The third-order valence-electron chi connectivity index (χ3n) is 6.20. The maximum Gasteiger partial charge on any atom is 0.264 e. The smallest absolute Gasteiger partial charge is 0.264 e. The Morgan fingerprint density at radius 3 is 2.16 bits per heavy atom. The monoisotopic (exact) mass is 555 g/mol. The molecule has 0 bridgehead atoms. The molecule has 1 N–H and O–H groups in total. The summed E-state index contributed by atoms with van der Waals surface area (Å²) in [6, 6.07) is 21.3. The van der Waals surface area contributed by atoms with Crippen LogP contribution >= 0.6 is 11.6 Å². The van der Waals surface area contributed by atoms with E-state index in [4.69, 9.17) is 11.6 Å². The minimum absolute atomic E-state index is 0.0769. The predicted molar refractivity (Wildman–Crippen MR) is 152 cm³/mol. The van der Waals surface area contributed by atoms with Gasteiger partial charge in [0, 0.05) is 18.1 Å². The van der Waals surface area contributed by atoms with Gasteiger partial charge in [0.05, 0.1) is 10.6 Å². The molecule has 0 saturated heterocycles. The number of hydrogen-bond donors (Lipinski definition) is 1. The number of nitrogens with zero attached hydrogens (tertiary/aromatic N) is 2. The molecular formula is C29H34ClN3O4S. The minimum atomic E-state index is -4.08. The van der Waals surface area contributed by atoms with Crippen LogP contribution in [0.5, 0.6) is 0 Å². The van der Waals surface area contributed by atoms with Gasteiger partial charge in [0.15, 0.2) is 0 Å². The highest BCUT2D eigenvalue weighted by Gasteiger charge is 2.34. The molecule has 1 atom stereocenters. The summed E-state index contributed by atoms with van der Waals surface area (Å²) in [6.45, 7) is 5.72. The van der Waals surface area contributed by atoms with E-state index in [1.54, 1.807) is 67.6 Å². The number of nitrogens with one attached hydrogen (secondary N) is 1. The average Bonchev–Trinajstić information content (AvgIpc) is 2.92. The predicted octanol–water partition coefficient (Wildman–Crippen LogP) is 5.18. The Morgan fingerprint density at radius 2 is 1.55 bits per heavy atom. The van der Waals surface area contributed by atoms with Crippen LogP contribution in [0.2, 0.25) is 5.02 Å². The highest BCUT2D eigenvalue weighted by atomic mass is 35.5. The number of benzene rings is 3. The summed E-state index contributed by atoms with van der Waals surface area (Å²) >= 11 is 6.05. The van der Waals surface area contributed by atoms with Crippen LogP contribution < -0.4 is 9.62 Å². The van der Waals surface area contributed by atoms with Crippen LogP contribution in [0.25, 0.3) is 0 Å². The van der Waals surface area contributed by atoms with Crippen molar-refractivity contribution < 1.29 is 18.0 Å². The lowest BCUT2D eigenvalue weighted by atomic mass is 10.1. The van der Waals surface area contributed by atoms with Crippen molar-refractivity contribution in [2.24, 2.45) is 0 Å². The fourth-order valence-electron chi connectivity index (χ4n) is 4.15. The van der Waals surface area contributed by atoms with Gasteiger partial charge in [-0.15, -0.1) is 0 Å². The summed E-state index contributed by atoms with van der Waals surface area (Å²) in [5.41, 5.74) is 1.88. The van der Waals surface area contributed by atoms with Crippen LogP contribution in [0, 0.1) is 6.92 Å². The summed E-state index contributed by atoms with van der Waals surface area (Å²) in [5, 5.41) is 3.43. The van der Waals surface area contributed by atoms with Crippen LogP contribution in [0.3, 0.4) is 0 Å². The summed E-state index contributed by atoms with van der Waals surface area (Å²) in [5.74, 6) is -0.758. The van der Waals surface area contributed by atoms with Crippen molar-refractivity contribution in [3.05, 3.63) is 95.0 Å². The molecule has 1 unspecified atom stereocenters. The molecule has 0 saturated carbocycles. The maximum atomic E-state index is 14.0. The Kier molecular flexibility index (Phi) is 10.3. The topological polar surface area (TPSA) is 86.8 Å². The van der Waals surface area contributed by atoms with Gasteiger partial charge in [0.1, 0.15) is 12.6 Å². The molecular weight excluding hydrogens is 522 g/mol. The number of carbonyl (C=O) groups excluding carboxylic acids is 2. The quantitative estimate of drug-likeness (QED) is 0.334. The van der Waals surface area contributed by atoms with Crippen molar-refractivity contribution in [3.8, 4) is 0 Å². The number of rotatable bonds is 12. The average molecular weight is 556 g/mol. The number of hydrogen-bond acceptors (Lipinski definition) is 4. The lowest BCUT2D eigenvalue weighted by Gasteiger charge is -2.33. The largest absolute Gasteiger partial charge is 0.354 e. The van der Waals surface area contributed by atoms with E-state index < -0.39 is 28.5 Å². The summed E-state index contributed by atoms with van der Waals surface area (Å²) < 4.78 is 28.8. The van der Waals surface area contributed by atoms with Gasteiger partial charge in [-0.2, -0.15) is 0 Å². The SMILES string of the molecule is CCCNC(=O)C(CC)N(Cc1ccc(Cl)cc1)C(=O)CN(c1ccccc1C)S(=O)(=O)c1ccccc1. The zero-order valence-corrected chi connectivity index (χ0v) is 23.5. The first kappa shape index (κ1) is 29.2. The number of para-hydroxylation sites is 1.